The van der Waals surface area contributed by atoms with Gasteiger partial charge in [0.15, 0.2) is 0 Å². The molecule has 0 amide bonds. The number of rotatable bonds is 0. The highest BCUT2D eigenvalue weighted by Gasteiger charge is 2.54. The molecule has 3 aliphatic carbocycles. The van der Waals surface area contributed by atoms with E-state index < -0.39 is 0 Å². The monoisotopic (exact) mass is 192 g/mol. The Morgan fingerprint density at radius 1 is 1.13 bits per heavy atom. The zero-order valence-corrected chi connectivity index (χ0v) is 8.48. The van der Waals surface area contributed by atoms with Gasteiger partial charge in [0.2, 0.25) is 0 Å². The third-order valence-corrected chi connectivity index (χ3v) is 3.94. The molecule has 3 aliphatic rings. The topological polar surface area (TPSA) is 0 Å². The summed E-state index contributed by atoms with van der Waals surface area (Å²) in [6, 6.07) is 8.68. The molecule has 0 bridgehead atoms. The lowest BCUT2D eigenvalue weighted by atomic mass is 9.84. The molecule has 2 unspecified atom stereocenters. The van der Waals surface area contributed by atoms with Crippen LogP contribution < -0.4 is 10.4 Å². The molecule has 1 aromatic rings. The molecular weight excluding hydrogens is 180 g/mol. The molecule has 0 saturated heterocycles. The molecule has 0 radical (unpaired) electrons. The maximum Gasteiger partial charge on any atom is 0.0210 e. The summed E-state index contributed by atoms with van der Waals surface area (Å²) in [6.45, 7) is 0. The van der Waals surface area contributed by atoms with Gasteiger partial charge in [-0.3, -0.25) is 0 Å². The van der Waals surface area contributed by atoms with Crippen molar-refractivity contribution < 1.29 is 0 Å². The van der Waals surface area contributed by atoms with Crippen LogP contribution in [-0.4, -0.2) is 0 Å². The molecule has 4 rings (SSSR count). The van der Waals surface area contributed by atoms with Gasteiger partial charge in [-0.25, -0.2) is 0 Å². The van der Waals surface area contributed by atoms with Crippen molar-refractivity contribution in [2.24, 2.45) is 11.3 Å². The van der Waals surface area contributed by atoms with E-state index in [-0.39, 0.29) is 0 Å². The largest absolute Gasteiger partial charge is 0.0802 e. The van der Waals surface area contributed by atoms with Crippen LogP contribution in [0.5, 0.6) is 0 Å². The predicted octanol–water partition coefficient (Wildman–Crippen LogP) is 1.76. The number of allylic oxidation sites excluding steroid dienone is 4. The van der Waals surface area contributed by atoms with E-state index in [9.17, 15) is 0 Å². The van der Waals surface area contributed by atoms with Crippen molar-refractivity contribution in [1.82, 2.24) is 0 Å². The van der Waals surface area contributed by atoms with Crippen LogP contribution in [0.15, 0.2) is 48.1 Å². The van der Waals surface area contributed by atoms with Gasteiger partial charge in [0, 0.05) is 5.41 Å². The van der Waals surface area contributed by atoms with Crippen LogP contribution in [0.25, 0.3) is 12.2 Å². The van der Waals surface area contributed by atoms with Crippen LogP contribution in [0.1, 0.15) is 6.42 Å². The Bertz CT molecular complexity index is 616. The molecule has 0 heteroatoms. The fraction of sp³-hybridized carbons (Fsp3) is 0.200. The molecule has 0 aliphatic heterocycles. The lowest BCUT2D eigenvalue weighted by Crippen LogP contribution is -2.30. The highest BCUT2D eigenvalue weighted by Crippen LogP contribution is 2.62. The first kappa shape index (κ1) is 7.70. The number of hydrogen-bond donors (Lipinski definition) is 0. The summed E-state index contributed by atoms with van der Waals surface area (Å²) in [5.74, 6) is 0.766. The van der Waals surface area contributed by atoms with Crippen molar-refractivity contribution in [3.63, 3.8) is 0 Å². The van der Waals surface area contributed by atoms with Gasteiger partial charge < -0.3 is 0 Å². The van der Waals surface area contributed by atoms with Crippen LogP contribution >= 0.6 is 0 Å². The molecule has 2 atom stereocenters. The summed E-state index contributed by atoms with van der Waals surface area (Å²) in [6.07, 6.45) is 13.0. The molecule has 15 heavy (non-hydrogen) atoms. The maximum absolute atomic E-state index is 2.47. The number of fused-ring (bicyclic) bond motifs is 1. The maximum atomic E-state index is 2.47. The van der Waals surface area contributed by atoms with Crippen LogP contribution in [0.2, 0.25) is 0 Å². The lowest BCUT2D eigenvalue weighted by molar-refractivity contribution is 0.792. The number of benzene rings is 1. The van der Waals surface area contributed by atoms with Crippen LogP contribution in [0.3, 0.4) is 0 Å². The molecule has 1 saturated carbocycles. The first-order chi connectivity index (χ1) is 7.38. The normalized spacial score (nSPS) is 33.9. The summed E-state index contributed by atoms with van der Waals surface area (Å²) in [4.78, 5) is 0. The Labute approximate surface area is 88.9 Å². The standard InChI is InChI=1S/C15H12/c1-2-5-12-9-15-10-14(15)7-3-6-13(15)8-11(12)4-1/h1-9,14H,10H2. The summed E-state index contributed by atoms with van der Waals surface area (Å²) in [5.41, 5.74) is 1.89. The molecule has 72 valence electrons. The molecule has 0 aromatic heterocycles. The average Bonchev–Trinajstić information content (AvgIpc) is 2.97. The van der Waals surface area contributed by atoms with E-state index in [4.69, 9.17) is 0 Å². The van der Waals surface area contributed by atoms with E-state index in [1.165, 1.54) is 22.4 Å². The molecule has 0 nitrogen and oxygen atoms in total. The first-order valence-corrected chi connectivity index (χ1v) is 5.57. The quantitative estimate of drug-likeness (QED) is 0.587. The Morgan fingerprint density at radius 3 is 2.93 bits per heavy atom. The highest BCUT2D eigenvalue weighted by molar-refractivity contribution is 5.69. The van der Waals surface area contributed by atoms with Gasteiger partial charge in [-0.2, -0.15) is 0 Å². The fourth-order valence-corrected chi connectivity index (χ4v) is 2.98. The average molecular weight is 192 g/mol. The van der Waals surface area contributed by atoms with Crippen LogP contribution in [0, 0.1) is 11.3 Å². The molecule has 1 spiro atoms. The summed E-state index contributed by atoms with van der Waals surface area (Å²) < 4.78 is 0. The summed E-state index contributed by atoms with van der Waals surface area (Å²) >= 11 is 0. The lowest BCUT2D eigenvalue weighted by Gasteiger charge is -2.19. The molecule has 0 N–H and O–H groups in total. The Balaban J connectivity index is 2.10. The van der Waals surface area contributed by atoms with Crippen molar-refractivity contribution >= 4 is 12.2 Å². The van der Waals surface area contributed by atoms with E-state index in [0.29, 0.717) is 5.41 Å². The third kappa shape index (κ3) is 0.872. The van der Waals surface area contributed by atoms with Gasteiger partial charge in [-0.1, -0.05) is 54.6 Å². The van der Waals surface area contributed by atoms with Crippen LogP contribution in [0.4, 0.5) is 0 Å². The Kier molecular flexibility index (Phi) is 1.19. The van der Waals surface area contributed by atoms with Crippen molar-refractivity contribution in [3.05, 3.63) is 58.5 Å². The Hall–Kier alpha value is -1.56. The summed E-state index contributed by atoms with van der Waals surface area (Å²) in [7, 11) is 0. The number of hydrogen-bond acceptors (Lipinski definition) is 0. The summed E-state index contributed by atoms with van der Waals surface area (Å²) in [5, 5.41) is 2.78. The SMILES string of the molecule is C1=CC2CC23C=c2ccccc2=CC3=C1. The van der Waals surface area contributed by atoms with E-state index >= 15 is 0 Å². The molecular formula is C15H12. The first-order valence-electron chi connectivity index (χ1n) is 5.57. The van der Waals surface area contributed by atoms with Crippen molar-refractivity contribution in [2.45, 2.75) is 6.42 Å². The minimum absolute atomic E-state index is 0.378. The fourth-order valence-electron chi connectivity index (χ4n) is 2.98. The van der Waals surface area contributed by atoms with Gasteiger partial charge >= 0.3 is 0 Å². The van der Waals surface area contributed by atoms with Gasteiger partial charge in [0.05, 0.1) is 0 Å². The van der Waals surface area contributed by atoms with E-state index in [2.05, 4.69) is 54.6 Å². The smallest absolute Gasteiger partial charge is 0.0210 e. The minimum atomic E-state index is 0.378. The van der Waals surface area contributed by atoms with Gasteiger partial charge in [0.25, 0.3) is 0 Å². The second kappa shape index (κ2) is 2.33. The van der Waals surface area contributed by atoms with Gasteiger partial charge in [0.1, 0.15) is 0 Å². The van der Waals surface area contributed by atoms with Gasteiger partial charge in [-0.05, 0) is 28.3 Å². The minimum Gasteiger partial charge on any atom is -0.0802 e. The van der Waals surface area contributed by atoms with E-state index in [0.717, 1.165) is 5.92 Å². The van der Waals surface area contributed by atoms with Gasteiger partial charge in [-0.15, -0.1) is 0 Å². The second-order valence-electron chi connectivity index (χ2n) is 4.78. The molecule has 0 heterocycles. The zero-order chi connectivity index (χ0) is 9.88. The highest BCUT2D eigenvalue weighted by atomic mass is 14.6. The predicted molar refractivity (Wildman–Crippen MR) is 62.4 cm³/mol. The van der Waals surface area contributed by atoms with Crippen molar-refractivity contribution in [1.29, 1.82) is 0 Å². The molecule has 1 aromatic carbocycles. The third-order valence-electron chi connectivity index (χ3n) is 3.94. The molecule has 1 fully saturated rings. The Morgan fingerprint density at radius 2 is 2.00 bits per heavy atom. The van der Waals surface area contributed by atoms with E-state index in [1.54, 1.807) is 0 Å². The van der Waals surface area contributed by atoms with Crippen molar-refractivity contribution in [3.8, 4) is 0 Å². The van der Waals surface area contributed by atoms with Crippen molar-refractivity contribution in [2.75, 3.05) is 0 Å². The van der Waals surface area contributed by atoms with Crippen LogP contribution in [-0.2, 0) is 0 Å². The van der Waals surface area contributed by atoms with E-state index in [1.807, 2.05) is 0 Å². The second-order valence-corrected chi connectivity index (χ2v) is 4.78. The zero-order valence-electron chi connectivity index (χ0n) is 8.48.